The van der Waals surface area contributed by atoms with Crippen LogP contribution in [0.25, 0.3) is 0 Å². The monoisotopic (exact) mass is 254 g/mol. The molecule has 0 radical (unpaired) electrons. The average molecular weight is 254 g/mol. The Hall–Kier alpha value is -1.30. The maximum Gasteiger partial charge on any atom is -0.00290 e. The molecule has 0 amide bonds. The van der Waals surface area contributed by atoms with Gasteiger partial charge in [-0.25, -0.2) is 0 Å². The van der Waals surface area contributed by atoms with Crippen LogP contribution in [0.1, 0.15) is 45.1 Å². The topological polar surface area (TPSA) is 0 Å². The molecule has 1 atom stereocenters. The average Bonchev–Trinajstić information content (AvgIpc) is 2.42. The highest BCUT2D eigenvalue weighted by molar-refractivity contribution is 5.30. The van der Waals surface area contributed by atoms with E-state index in [-0.39, 0.29) is 0 Å². The largest absolute Gasteiger partial charge is 0.0808 e. The Kier molecular flexibility index (Phi) is 5.44. The summed E-state index contributed by atoms with van der Waals surface area (Å²) in [6.45, 7) is 4.63. The minimum atomic E-state index is 0.776. The van der Waals surface area contributed by atoms with Crippen LogP contribution < -0.4 is 0 Å². The summed E-state index contributed by atoms with van der Waals surface area (Å²) in [5.41, 5.74) is 2.89. The van der Waals surface area contributed by atoms with Crippen molar-refractivity contribution < 1.29 is 0 Å². The van der Waals surface area contributed by atoms with Crippen molar-refractivity contribution >= 4 is 0 Å². The van der Waals surface area contributed by atoms with Gasteiger partial charge in [0.25, 0.3) is 0 Å². The van der Waals surface area contributed by atoms with E-state index in [0.29, 0.717) is 0 Å². The van der Waals surface area contributed by atoms with Gasteiger partial charge in [-0.2, -0.15) is 0 Å². The summed E-state index contributed by atoms with van der Waals surface area (Å²) < 4.78 is 0. The third-order valence-corrected chi connectivity index (χ3v) is 3.87. The molecule has 0 heteroatoms. The molecule has 1 aliphatic rings. The van der Waals surface area contributed by atoms with Gasteiger partial charge in [0.2, 0.25) is 0 Å². The van der Waals surface area contributed by atoms with Crippen molar-refractivity contribution in [1.82, 2.24) is 0 Å². The fourth-order valence-corrected chi connectivity index (χ4v) is 2.67. The summed E-state index contributed by atoms with van der Waals surface area (Å²) in [6.07, 6.45) is 13.6. The minimum absolute atomic E-state index is 0.776. The standard InChI is InChI=1S/C19H26/c1-16(2)7-6-10-17-11-13-19(14-12-17)15-18-8-4-3-5-9-18/h3-5,8-9,11,13-14,16-17H,6-7,10,12,15H2,1-2H3/t17-/m1/s1. The first kappa shape index (κ1) is 14.1. The Morgan fingerprint density at radius 1 is 1.16 bits per heavy atom. The number of allylic oxidation sites excluding steroid dienone is 4. The Balaban J connectivity index is 1.76. The van der Waals surface area contributed by atoms with E-state index in [1.54, 1.807) is 0 Å². The van der Waals surface area contributed by atoms with Gasteiger partial charge in [-0.15, -0.1) is 0 Å². The van der Waals surface area contributed by atoms with Gasteiger partial charge in [-0.3, -0.25) is 0 Å². The van der Waals surface area contributed by atoms with E-state index in [0.717, 1.165) is 18.3 Å². The highest BCUT2D eigenvalue weighted by Crippen LogP contribution is 2.24. The molecule has 0 aromatic heterocycles. The van der Waals surface area contributed by atoms with E-state index in [1.807, 2.05) is 0 Å². The van der Waals surface area contributed by atoms with Crippen molar-refractivity contribution in [3.63, 3.8) is 0 Å². The maximum atomic E-state index is 2.44. The minimum Gasteiger partial charge on any atom is -0.0808 e. The summed E-state index contributed by atoms with van der Waals surface area (Å²) in [5.74, 6) is 1.62. The highest BCUT2D eigenvalue weighted by atomic mass is 14.1. The summed E-state index contributed by atoms with van der Waals surface area (Å²) in [6, 6.07) is 10.8. The molecule has 1 aromatic rings. The summed E-state index contributed by atoms with van der Waals surface area (Å²) in [5, 5.41) is 0. The molecule has 0 spiro atoms. The molecule has 0 saturated heterocycles. The first-order valence-corrected chi connectivity index (χ1v) is 7.65. The molecule has 0 unspecified atom stereocenters. The van der Waals surface area contributed by atoms with Crippen molar-refractivity contribution in [3.05, 3.63) is 59.7 Å². The molecule has 1 aliphatic carbocycles. The van der Waals surface area contributed by atoms with E-state index in [2.05, 4.69) is 62.4 Å². The van der Waals surface area contributed by atoms with Gasteiger partial charge in [-0.05, 0) is 42.2 Å². The summed E-state index contributed by atoms with van der Waals surface area (Å²) in [7, 11) is 0. The smallest absolute Gasteiger partial charge is 0.00290 e. The fraction of sp³-hybridized carbons (Fsp3) is 0.474. The van der Waals surface area contributed by atoms with Gasteiger partial charge in [0.1, 0.15) is 0 Å². The van der Waals surface area contributed by atoms with E-state index < -0.39 is 0 Å². The second-order valence-corrected chi connectivity index (χ2v) is 6.12. The van der Waals surface area contributed by atoms with Gasteiger partial charge in [0.15, 0.2) is 0 Å². The van der Waals surface area contributed by atoms with Crippen LogP contribution in [0.2, 0.25) is 0 Å². The number of rotatable bonds is 6. The molecule has 0 aliphatic heterocycles. The van der Waals surface area contributed by atoms with Gasteiger partial charge < -0.3 is 0 Å². The zero-order valence-corrected chi connectivity index (χ0v) is 12.3. The first-order chi connectivity index (χ1) is 9.24. The molecule has 19 heavy (non-hydrogen) atoms. The quantitative estimate of drug-likeness (QED) is 0.623. The second-order valence-electron chi connectivity index (χ2n) is 6.12. The fourth-order valence-electron chi connectivity index (χ4n) is 2.67. The van der Waals surface area contributed by atoms with Crippen LogP contribution in [0.5, 0.6) is 0 Å². The van der Waals surface area contributed by atoms with Crippen LogP contribution >= 0.6 is 0 Å². The van der Waals surface area contributed by atoms with Crippen molar-refractivity contribution in [2.24, 2.45) is 11.8 Å². The molecule has 1 aromatic carbocycles. The summed E-state index contributed by atoms with van der Waals surface area (Å²) in [4.78, 5) is 0. The van der Waals surface area contributed by atoms with Crippen LogP contribution in [-0.2, 0) is 6.42 Å². The van der Waals surface area contributed by atoms with Gasteiger partial charge in [0, 0.05) is 0 Å². The molecule has 0 N–H and O–H groups in total. The van der Waals surface area contributed by atoms with Gasteiger partial charge in [-0.1, -0.05) is 75.2 Å². The Labute approximate surface area is 118 Å². The molecule has 102 valence electrons. The van der Waals surface area contributed by atoms with E-state index in [1.165, 1.54) is 36.8 Å². The lowest BCUT2D eigenvalue weighted by atomic mass is 9.89. The lowest BCUT2D eigenvalue weighted by Crippen LogP contribution is -2.02. The Morgan fingerprint density at radius 2 is 1.95 bits per heavy atom. The van der Waals surface area contributed by atoms with Crippen LogP contribution in [-0.4, -0.2) is 0 Å². The predicted molar refractivity (Wildman–Crippen MR) is 84.2 cm³/mol. The van der Waals surface area contributed by atoms with Crippen molar-refractivity contribution in [2.45, 2.75) is 46.0 Å². The summed E-state index contributed by atoms with van der Waals surface area (Å²) >= 11 is 0. The highest BCUT2D eigenvalue weighted by Gasteiger charge is 2.09. The van der Waals surface area contributed by atoms with Crippen LogP contribution in [0.4, 0.5) is 0 Å². The van der Waals surface area contributed by atoms with Crippen molar-refractivity contribution in [3.8, 4) is 0 Å². The molecular weight excluding hydrogens is 228 g/mol. The SMILES string of the molecule is CC(C)CCC[C@@H]1C=CC(Cc2ccccc2)=CC1. The van der Waals surface area contributed by atoms with Crippen LogP contribution in [0.3, 0.4) is 0 Å². The predicted octanol–water partition coefficient (Wildman–Crippen LogP) is 5.56. The van der Waals surface area contributed by atoms with Gasteiger partial charge >= 0.3 is 0 Å². The van der Waals surface area contributed by atoms with E-state index >= 15 is 0 Å². The Morgan fingerprint density at radius 3 is 2.58 bits per heavy atom. The third kappa shape index (κ3) is 5.06. The zero-order valence-electron chi connectivity index (χ0n) is 12.3. The maximum absolute atomic E-state index is 2.44. The zero-order chi connectivity index (χ0) is 13.5. The number of hydrogen-bond acceptors (Lipinski definition) is 0. The van der Waals surface area contributed by atoms with Crippen LogP contribution in [0.15, 0.2) is 54.1 Å². The van der Waals surface area contributed by atoms with E-state index in [4.69, 9.17) is 0 Å². The molecule has 0 bridgehead atoms. The molecule has 0 fully saturated rings. The lowest BCUT2D eigenvalue weighted by Gasteiger charge is -2.16. The van der Waals surface area contributed by atoms with Gasteiger partial charge in [0.05, 0.1) is 0 Å². The molecule has 0 heterocycles. The lowest BCUT2D eigenvalue weighted by molar-refractivity contribution is 0.484. The number of hydrogen-bond donors (Lipinski definition) is 0. The van der Waals surface area contributed by atoms with Crippen molar-refractivity contribution in [2.75, 3.05) is 0 Å². The van der Waals surface area contributed by atoms with E-state index in [9.17, 15) is 0 Å². The molecule has 2 rings (SSSR count). The van der Waals surface area contributed by atoms with Crippen molar-refractivity contribution in [1.29, 1.82) is 0 Å². The second kappa shape index (κ2) is 7.33. The normalized spacial score (nSPS) is 18.7. The third-order valence-electron chi connectivity index (χ3n) is 3.87. The molecular formula is C19H26. The first-order valence-electron chi connectivity index (χ1n) is 7.65. The molecule has 0 nitrogen and oxygen atoms in total. The number of benzene rings is 1. The Bertz CT molecular complexity index is 423. The molecule has 0 saturated carbocycles. The van der Waals surface area contributed by atoms with Crippen LogP contribution in [0, 0.1) is 11.8 Å².